The van der Waals surface area contributed by atoms with Gasteiger partial charge in [-0.2, -0.15) is 0 Å². The molecule has 1 nitrogen and oxygen atoms in total. The van der Waals surface area contributed by atoms with Crippen LogP contribution in [0.1, 0.15) is 22.0 Å². The molecule has 1 aromatic heterocycles. The van der Waals surface area contributed by atoms with Gasteiger partial charge >= 0.3 is 0 Å². The third kappa shape index (κ3) is 2.86. The highest BCUT2D eigenvalue weighted by Gasteiger charge is 2.16. The predicted octanol–water partition coefficient (Wildman–Crippen LogP) is 4.74. The summed E-state index contributed by atoms with van der Waals surface area (Å²) in [5.41, 5.74) is 7.82. The molecule has 0 spiro atoms. The zero-order chi connectivity index (χ0) is 13.3. The molecule has 2 rings (SSSR count). The SMILES string of the molecule is Cc1csc(C(N)Cc2cc(F)ccc2Cl)c1Cl. The maximum absolute atomic E-state index is 13.2. The lowest BCUT2D eigenvalue weighted by atomic mass is 10.0. The average molecular weight is 304 g/mol. The highest BCUT2D eigenvalue weighted by atomic mass is 35.5. The van der Waals surface area contributed by atoms with Crippen molar-refractivity contribution in [3.05, 3.63) is 55.4 Å². The Labute approximate surface area is 119 Å². The molecule has 1 aromatic carbocycles. The molecule has 0 aliphatic carbocycles. The summed E-state index contributed by atoms with van der Waals surface area (Å²) in [5, 5.41) is 3.18. The first-order valence-electron chi connectivity index (χ1n) is 5.42. The lowest BCUT2D eigenvalue weighted by Crippen LogP contribution is -2.12. The van der Waals surface area contributed by atoms with Crippen LogP contribution in [-0.2, 0) is 6.42 Å². The molecule has 0 radical (unpaired) electrons. The Bertz CT molecular complexity index is 568. The van der Waals surface area contributed by atoms with Crippen molar-refractivity contribution in [1.82, 2.24) is 0 Å². The van der Waals surface area contributed by atoms with Gasteiger partial charge in [-0.3, -0.25) is 0 Å². The fourth-order valence-corrected chi connectivity index (χ4v) is 3.26. The molecule has 0 saturated carbocycles. The summed E-state index contributed by atoms with van der Waals surface area (Å²) in [6.45, 7) is 1.93. The van der Waals surface area contributed by atoms with E-state index >= 15 is 0 Å². The molecule has 18 heavy (non-hydrogen) atoms. The third-order valence-corrected chi connectivity index (χ3v) is 4.92. The number of hydrogen-bond donors (Lipinski definition) is 1. The van der Waals surface area contributed by atoms with Gasteiger partial charge in [-0.15, -0.1) is 11.3 Å². The molecule has 5 heteroatoms. The number of nitrogens with two attached hydrogens (primary N) is 1. The molecule has 1 heterocycles. The van der Waals surface area contributed by atoms with Crippen LogP contribution in [0.5, 0.6) is 0 Å². The Hall–Kier alpha value is -0.610. The van der Waals surface area contributed by atoms with E-state index in [1.165, 1.54) is 23.5 Å². The highest BCUT2D eigenvalue weighted by molar-refractivity contribution is 7.10. The van der Waals surface area contributed by atoms with Crippen LogP contribution in [0, 0.1) is 12.7 Å². The standard InChI is InChI=1S/C13H12Cl2FNS/c1-7-6-18-13(12(7)15)11(17)5-8-4-9(16)2-3-10(8)14/h2-4,6,11H,5,17H2,1H3. The Morgan fingerprint density at radius 3 is 2.72 bits per heavy atom. The van der Waals surface area contributed by atoms with Gasteiger partial charge in [0.25, 0.3) is 0 Å². The molecule has 0 fully saturated rings. The molecule has 1 atom stereocenters. The van der Waals surface area contributed by atoms with Crippen LogP contribution >= 0.6 is 34.5 Å². The van der Waals surface area contributed by atoms with E-state index in [9.17, 15) is 4.39 Å². The highest BCUT2D eigenvalue weighted by Crippen LogP contribution is 2.33. The molecular weight excluding hydrogens is 292 g/mol. The van der Waals surface area contributed by atoms with Gasteiger partial charge in [-0.1, -0.05) is 23.2 Å². The van der Waals surface area contributed by atoms with Gasteiger partial charge in [-0.05, 0) is 48.1 Å². The molecule has 0 bridgehead atoms. The molecule has 96 valence electrons. The van der Waals surface area contributed by atoms with Crippen LogP contribution in [0.3, 0.4) is 0 Å². The van der Waals surface area contributed by atoms with Crippen molar-refractivity contribution < 1.29 is 4.39 Å². The second kappa shape index (κ2) is 5.57. The maximum atomic E-state index is 13.2. The summed E-state index contributed by atoms with van der Waals surface area (Å²) in [6.07, 6.45) is 0.469. The molecule has 0 aliphatic rings. The van der Waals surface area contributed by atoms with Gasteiger partial charge in [0, 0.05) is 15.9 Å². The molecule has 0 amide bonds. The van der Waals surface area contributed by atoms with Crippen molar-refractivity contribution in [2.75, 3.05) is 0 Å². The molecular formula is C13H12Cl2FNS. The van der Waals surface area contributed by atoms with Crippen molar-refractivity contribution in [3.63, 3.8) is 0 Å². The molecule has 0 saturated heterocycles. The van der Waals surface area contributed by atoms with Crippen molar-refractivity contribution >= 4 is 34.5 Å². The van der Waals surface area contributed by atoms with Gasteiger partial charge in [0.2, 0.25) is 0 Å². The minimum Gasteiger partial charge on any atom is -0.323 e. The largest absolute Gasteiger partial charge is 0.323 e. The summed E-state index contributed by atoms with van der Waals surface area (Å²) in [7, 11) is 0. The monoisotopic (exact) mass is 303 g/mol. The fourth-order valence-electron chi connectivity index (χ4n) is 1.73. The topological polar surface area (TPSA) is 26.0 Å². The first-order chi connectivity index (χ1) is 8.49. The second-order valence-corrected chi connectivity index (χ2v) is 5.84. The lowest BCUT2D eigenvalue weighted by Gasteiger charge is -2.12. The van der Waals surface area contributed by atoms with E-state index in [1.807, 2.05) is 12.3 Å². The van der Waals surface area contributed by atoms with E-state index in [4.69, 9.17) is 28.9 Å². The predicted molar refractivity (Wildman–Crippen MR) is 76.1 cm³/mol. The number of rotatable bonds is 3. The van der Waals surface area contributed by atoms with E-state index in [1.54, 1.807) is 6.07 Å². The quantitative estimate of drug-likeness (QED) is 0.870. The fraction of sp³-hybridized carbons (Fsp3) is 0.231. The van der Waals surface area contributed by atoms with Gasteiger partial charge in [-0.25, -0.2) is 4.39 Å². The maximum Gasteiger partial charge on any atom is 0.123 e. The zero-order valence-corrected chi connectivity index (χ0v) is 12.0. The van der Waals surface area contributed by atoms with Crippen LogP contribution in [-0.4, -0.2) is 0 Å². The average Bonchev–Trinajstić information content (AvgIpc) is 2.65. The van der Waals surface area contributed by atoms with Crippen molar-refractivity contribution in [2.24, 2.45) is 5.73 Å². The van der Waals surface area contributed by atoms with Crippen LogP contribution in [0.25, 0.3) is 0 Å². The molecule has 0 aliphatic heterocycles. The Morgan fingerprint density at radius 1 is 1.39 bits per heavy atom. The zero-order valence-electron chi connectivity index (χ0n) is 9.71. The van der Waals surface area contributed by atoms with E-state index in [-0.39, 0.29) is 11.9 Å². The van der Waals surface area contributed by atoms with Crippen LogP contribution in [0.15, 0.2) is 23.6 Å². The Morgan fingerprint density at radius 2 is 2.11 bits per heavy atom. The lowest BCUT2D eigenvalue weighted by molar-refractivity contribution is 0.622. The molecule has 2 N–H and O–H groups in total. The smallest absolute Gasteiger partial charge is 0.123 e. The first kappa shape index (κ1) is 13.8. The second-order valence-electron chi connectivity index (χ2n) is 4.14. The number of halogens is 3. The minimum absolute atomic E-state index is 0.268. The van der Waals surface area contributed by atoms with E-state index in [2.05, 4.69) is 0 Å². The molecule has 2 aromatic rings. The Kier molecular flexibility index (Phi) is 4.28. The third-order valence-electron chi connectivity index (χ3n) is 2.71. The van der Waals surface area contributed by atoms with E-state index in [0.717, 1.165) is 10.4 Å². The minimum atomic E-state index is -0.310. The number of thiophene rings is 1. The van der Waals surface area contributed by atoms with Crippen LogP contribution < -0.4 is 5.73 Å². The summed E-state index contributed by atoms with van der Waals surface area (Å²) in [4.78, 5) is 0.912. The first-order valence-corrected chi connectivity index (χ1v) is 7.05. The van der Waals surface area contributed by atoms with Gasteiger partial charge in [0.1, 0.15) is 5.82 Å². The summed E-state index contributed by atoms with van der Waals surface area (Å²) in [6, 6.07) is 4.02. The van der Waals surface area contributed by atoms with Gasteiger partial charge in [0.05, 0.1) is 5.02 Å². The number of hydrogen-bond acceptors (Lipinski definition) is 2. The normalized spacial score (nSPS) is 12.7. The van der Waals surface area contributed by atoms with Crippen LogP contribution in [0.2, 0.25) is 10.0 Å². The summed E-state index contributed by atoms with van der Waals surface area (Å²) in [5.74, 6) is -0.310. The molecule has 1 unspecified atom stereocenters. The Balaban J connectivity index is 2.23. The van der Waals surface area contributed by atoms with Crippen LogP contribution in [0.4, 0.5) is 4.39 Å². The van der Waals surface area contributed by atoms with E-state index in [0.29, 0.717) is 22.0 Å². The van der Waals surface area contributed by atoms with Crippen molar-refractivity contribution in [1.29, 1.82) is 0 Å². The van der Waals surface area contributed by atoms with E-state index < -0.39 is 0 Å². The number of aryl methyl sites for hydroxylation is 1. The van der Waals surface area contributed by atoms with Crippen molar-refractivity contribution in [3.8, 4) is 0 Å². The van der Waals surface area contributed by atoms with Crippen molar-refractivity contribution in [2.45, 2.75) is 19.4 Å². The summed E-state index contributed by atoms with van der Waals surface area (Å²) >= 11 is 13.7. The number of benzene rings is 1. The van der Waals surface area contributed by atoms with Gasteiger partial charge < -0.3 is 5.73 Å². The summed E-state index contributed by atoms with van der Waals surface area (Å²) < 4.78 is 13.2. The van der Waals surface area contributed by atoms with Gasteiger partial charge in [0.15, 0.2) is 0 Å².